The van der Waals surface area contributed by atoms with Crippen LogP contribution in [0.25, 0.3) is 118 Å². The molecular weight excluding hydrogens is 1330 g/mol. The molecule has 4 heterocycles. The second-order valence-corrected chi connectivity index (χ2v) is 18.1. The predicted octanol–water partition coefficient (Wildman–Crippen LogP) is 10.4. The van der Waals surface area contributed by atoms with Crippen molar-refractivity contribution < 1.29 is 173 Å². The van der Waals surface area contributed by atoms with Crippen molar-refractivity contribution in [2.45, 2.75) is 7.43 Å². The first-order valence-electron chi connectivity index (χ1n) is 26.5. The van der Waals surface area contributed by atoms with Crippen molar-refractivity contribution >= 4 is 50.1 Å². The summed E-state index contributed by atoms with van der Waals surface area (Å²) < 4.78 is 60.3. The zero-order valence-corrected chi connectivity index (χ0v) is 58.5. The number of aromatic amines is 1. The molecule has 0 unspecified atom stereocenters. The molecule has 0 aliphatic rings. The molecule has 0 bridgehead atoms. The van der Waals surface area contributed by atoms with Crippen LogP contribution in [-0.2, 0) is 9.68 Å². The van der Waals surface area contributed by atoms with E-state index in [2.05, 4.69) is 85.5 Å². The Morgan fingerprint density at radius 1 is 0.419 bits per heavy atom. The summed E-state index contributed by atoms with van der Waals surface area (Å²) in [6, 6.07) is 80.1. The summed E-state index contributed by atoms with van der Waals surface area (Å²) in [6.07, 6.45) is 0. The minimum absolute atomic E-state index is 0. The molecule has 14 aromatic rings. The van der Waals surface area contributed by atoms with E-state index in [4.69, 9.17) is 26.4 Å². The van der Waals surface area contributed by atoms with E-state index in [9.17, 15) is 13.2 Å². The summed E-state index contributed by atoms with van der Waals surface area (Å²) in [5.74, 6) is 0.541. The van der Waals surface area contributed by atoms with Gasteiger partial charge in [0.2, 0.25) is 0 Å². The van der Waals surface area contributed by atoms with Crippen molar-refractivity contribution in [3.8, 4) is 74.0 Å². The molecule has 17 heteroatoms. The second kappa shape index (κ2) is 32.7. The Morgan fingerprint density at radius 3 is 1.05 bits per heavy atom. The molecule has 0 radical (unpaired) electrons. The van der Waals surface area contributed by atoms with Gasteiger partial charge < -0.3 is 21.1 Å². The average molecular weight is 1380 g/mol. The molecule has 1 N–H and O–H groups in total. The predicted molar refractivity (Wildman–Crippen MR) is 324 cm³/mol. The third-order valence-corrected chi connectivity index (χ3v) is 13.1. The van der Waals surface area contributed by atoms with Crippen molar-refractivity contribution in [2.75, 3.05) is 7.15 Å². The third kappa shape index (κ3) is 15.8. The van der Waals surface area contributed by atoms with Gasteiger partial charge >= 0.3 is 138 Å². The van der Waals surface area contributed by atoms with E-state index in [0.29, 0.717) is 45.9 Å². The monoisotopic (exact) mass is 1380 g/mol. The number of aromatic nitrogens is 8. The number of hydrogen-bond acceptors (Lipinski definition) is 9. The van der Waals surface area contributed by atoms with Crippen LogP contribution in [0, 0.1) is 17.5 Å². The normalized spacial score (nSPS) is 10.4. The Hall–Kier alpha value is -6.93. The molecule has 10 aromatic carbocycles. The molecule has 0 atom stereocenters. The number of benzene rings is 10. The molecular formula is C69H52Cs2F4N8O3. The molecule has 416 valence electrons. The summed E-state index contributed by atoms with van der Waals surface area (Å²) in [4.78, 5) is 42.3. The largest absolute Gasteiger partial charge is 1.00 e. The van der Waals surface area contributed by atoms with Crippen LogP contribution in [0.3, 0.4) is 0 Å². The van der Waals surface area contributed by atoms with Gasteiger partial charge in [0, 0.05) is 66.0 Å². The van der Waals surface area contributed by atoms with Crippen LogP contribution in [0.1, 0.15) is 10.2 Å². The standard InChI is InChI=1S/C33H21FN4.C21H13F2N3.C12H9N.CH3F.CH2O3.CH4.2Cs.H/c34-27-21-24(19-20-30(27)38-28-17-9-7-15-25(28)26-16-8-10-18-29(26)38)33-36-31(22-11-3-1-4-12-22)35-32(37-33)23-13-5-2-6-14-23;22-17-12-11-16(13-18(17)23)21-25-19(14-7-3-1-4-8-14)24-20(26-21)15-9-5-2-6-10-15;1-3-7-11-9(5-1)10-6-2-4-8-12(10)13-11;1-2;2-1-4-3;;;;/h1-21H;1-13H;1-8,13H;1H3;1,3H;1H4;;;/q;;;;;;2*+1;-1/p-1/i;;;1D;;;;;. The van der Waals surface area contributed by atoms with E-state index in [1.807, 2.05) is 168 Å². The Kier molecular flexibility index (Phi) is 24.7. The summed E-state index contributed by atoms with van der Waals surface area (Å²) >= 11 is 0. The Labute approximate surface area is 614 Å². The zero-order chi connectivity index (χ0) is 58.2. The van der Waals surface area contributed by atoms with Crippen molar-refractivity contribution in [1.82, 2.24) is 39.5 Å². The van der Waals surface area contributed by atoms with Crippen LogP contribution in [0.4, 0.5) is 17.6 Å². The van der Waals surface area contributed by atoms with Gasteiger partial charge in [-0.15, -0.1) is 0 Å². The minimum Gasteiger partial charge on any atom is -1.00 e. The summed E-state index contributed by atoms with van der Waals surface area (Å²) in [7, 11) is -1.00. The van der Waals surface area contributed by atoms with E-state index < -0.39 is 18.8 Å². The first kappa shape index (κ1) is 65.1. The molecule has 0 spiro atoms. The number of H-pyrrole nitrogens is 1. The van der Waals surface area contributed by atoms with Crippen LogP contribution in [-0.4, -0.2) is 53.1 Å². The number of carbonyl (C=O) groups is 1. The van der Waals surface area contributed by atoms with E-state index in [1.54, 1.807) is 6.07 Å². The first-order chi connectivity index (χ1) is 41.2. The van der Waals surface area contributed by atoms with E-state index >= 15 is 4.39 Å². The van der Waals surface area contributed by atoms with Gasteiger partial charge in [-0.1, -0.05) is 202 Å². The maximum Gasteiger partial charge on any atom is 1.00 e. The van der Waals surface area contributed by atoms with Crippen LogP contribution < -0.4 is 143 Å². The summed E-state index contributed by atoms with van der Waals surface area (Å²) in [5.41, 5.74) is 9.17. The summed E-state index contributed by atoms with van der Waals surface area (Å²) in [5, 5.41) is 13.2. The van der Waals surface area contributed by atoms with Crippen molar-refractivity contribution in [2.24, 2.45) is 0 Å². The number of rotatable bonds is 8. The maximum absolute atomic E-state index is 15.9. The molecule has 0 saturated heterocycles. The smallest absolute Gasteiger partial charge is 1.00 e. The van der Waals surface area contributed by atoms with Crippen molar-refractivity contribution in [3.63, 3.8) is 0 Å². The molecule has 4 aromatic heterocycles. The first-order valence-corrected chi connectivity index (χ1v) is 25.8. The maximum atomic E-state index is 15.9. The molecule has 86 heavy (non-hydrogen) atoms. The third-order valence-electron chi connectivity index (χ3n) is 13.1. The van der Waals surface area contributed by atoms with E-state index in [1.165, 1.54) is 33.9 Å². The number of fused-ring (bicyclic) bond motifs is 6. The fourth-order valence-corrected chi connectivity index (χ4v) is 9.32. The van der Waals surface area contributed by atoms with Crippen LogP contribution in [0.15, 0.2) is 255 Å². The topological polar surface area (TPSA) is 147 Å². The fraction of sp³-hybridized carbons (Fsp3) is 0.0290. The van der Waals surface area contributed by atoms with E-state index in [0.717, 1.165) is 56.2 Å². The molecule has 11 nitrogen and oxygen atoms in total. The number of halogens is 4. The number of alkyl halides is 1. The van der Waals surface area contributed by atoms with Gasteiger partial charge in [0.05, 0.1) is 25.2 Å². The molecule has 0 aliphatic heterocycles. The molecule has 0 amide bonds. The summed E-state index contributed by atoms with van der Waals surface area (Å²) in [6.45, 7) is -0.181. The van der Waals surface area contributed by atoms with Gasteiger partial charge in [-0.25, -0.2) is 43.1 Å². The zero-order valence-electron chi connectivity index (χ0n) is 47.9. The van der Waals surface area contributed by atoms with Gasteiger partial charge in [0.15, 0.2) is 46.6 Å². The number of hydrogen-bond donors (Lipinski definition) is 1. The Bertz CT molecular complexity index is 4300. The fourth-order valence-electron chi connectivity index (χ4n) is 9.32. The van der Waals surface area contributed by atoms with Gasteiger partial charge in [-0.3, -0.25) is 9.18 Å². The molecule has 0 fully saturated rings. The van der Waals surface area contributed by atoms with Crippen LogP contribution in [0.2, 0.25) is 0 Å². The minimum atomic E-state index is -1.00. The Balaban J connectivity index is 0.000000213. The van der Waals surface area contributed by atoms with Gasteiger partial charge in [-0.05, 0) is 60.7 Å². The van der Waals surface area contributed by atoms with Crippen molar-refractivity contribution in [1.29, 1.82) is 0 Å². The van der Waals surface area contributed by atoms with Gasteiger partial charge in [0.25, 0.3) is 6.47 Å². The second-order valence-electron chi connectivity index (χ2n) is 18.1. The van der Waals surface area contributed by atoms with Crippen LogP contribution >= 0.6 is 0 Å². The Morgan fingerprint density at radius 2 is 0.709 bits per heavy atom. The van der Waals surface area contributed by atoms with Crippen LogP contribution in [0.5, 0.6) is 0 Å². The molecule has 0 saturated carbocycles. The average Bonchev–Trinajstić information content (AvgIpc) is 1.78. The SMILES string of the molecule is C.Fc1cc(-c2nc(-c3ccccc3)nc(-c3ccccc3)n2)ccc1-n1c2ccccc2c2ccccc21.Fc1ccc(-c2nc(-c3ccccc3)nc(-c3ccccc3)n2)cc1F.O=CO[O-].[2H]CF.[Cs+].[Cs+].[H-].c1ccc2c(c1)[nH]c1ccccc12. The quantitative estimate of drug-likeness (QED) is 0.0680. The number of carbonyl (C=O) groups excluding carboxylic acids is 1. The van der Waals surface area contributed by atoms with Gasteiger partial charge in [-0.2, -0.15) is 0 Å². The molecule has 0 aliphatic carbocycles. The molecule has 14 rings (SSSR count). The number of para-hydroxylation sites is 4. The number of nitrogens with one attached hydrogen (secondary N) is 1. The number of nitrogens with zero attached hydrogens (tertiary/aromatic N) is 7. The van der Waals surface area contributed by atoms with Crippen molar-refractivity contribution in [3.05, 3.63) is 272 Å². The van der Waals surface area contributed by atoms with E-state index in [-0.39, 0.29) is 165 Å². The van der Waals surface area contributed by atoms with Gasteiger partial charge in [0.1, 0.15) is 5.82 Å².